The van der Waals surface area contributed by atoms with Crippen LogP contribution >= 0.6 is 15.9 Å². The number of hydrogen-bond acceptors (Lipinski definition) is 4. The van der Waals surface area contributed by atoms with Gasteiger partial charge in [0.25, 0.3) is 0 Å². The highest BCUT2D eigenvalue weighted by atomic mass is 79.9. The Morgan fingerprint density at radius 2 is 2.29 bits per heavy atom. The lowest BCUT2D eigenvalue weighted by atomic mass is 10.2. The van der Waals surface area contributed by atoms with Crippen molar-refractivity contribution < 1.29 is 9.90 Å². The Hall–Kier alpha value is -2.20. The van der Waals surface area contributed by atoms with E-state index in [0.29, 0.717) is 15.7 Å². The Morgan fingerprint density at radius 3 is 2.88 bits per heavy atom. The zero-order valence-electron chi connectivity index (χ0n) is 8.33. The van der Waals surface area contributed by atoms with Gasteiger partial charge in [0, 0.05) is 4.47 Å². The van der Waals surface area contributed by atoms with Crippen LogP contribution in [0.2, 0.25) is 0 Å². The number of nitriles is 1. The topological polar surface area (TPSA) is 91.8 Å². The summed E-state index contributed by atoms with van der Waals surface area (Å²) in [4.78, 5) is 10.9. The highest BCUT2D eigenvalue weighted by Crippen LogP contribution is 2.22. The Morgan fingerprint density at radius 1 is 1.53 bits per heavy atom. The van der Waals surface area contributed by atoms with Gasteiger partial charge in [0.05, 0.1) is 23.5 Å². The van der Waals surface area contributed by atoms with Gasteiger partial charge in [-0.25, -0.2) is 9.48 Å². The first-order valence-corrected chi connectivity index (χ1v) is 5.27. The molecule has 6 nitrogen and oxygen atoms in total. The van der Waals surface area contributed by atoms with Crippen LogP contribution in [0.3, 0.4) is 0 Å². The van der Waals surface area contributed by atoms with Crippen LogP contribution in [0, 0.1) is 11.3 Å². The maximum Gasteiger partial charge on any atom is 0.356 e. The first-order valence-electron chi connectivity index (χ1n) is 4.47. The summed E-state index contributed by atoms with van der Waals surface area (Å²) in [7, 11) is 0. The molecule has 2 rings (SSSR count). The molecule has 1 N–H and O–H groups in total. The molecule has 0 aliphatic rings. The summed E-state index contributed by atoms with van der Waals surface area (Å²) in [6.45, 7) is 0. The number of hydrogen-bond donors (Lipinski definition) is 1. The third kappa shape index (κ3) is 2.03. The Labute approximate surface area is 104 Å². The van der Waals surface area contributed by atoms with Crippen LogP contribution in [0.25, 0.3) is 5.69 Å². The molecule has 1 aromatic carbocycles. The Kier molecular flexibility index (Phi) is 2.89. The van der Waals surface area contributed by atoms with Crippen LogP contribution in [0.5, 0.6) is 0 Å². The standard InChI is InChI=1S/C10H5BrN4O2/c11-7-3-6(4-12)1-2-8(7)15-9(10(16)17)5-13-14-15/h1-3,5H,(H,16,17). The van der Waals surface area contributed by atoms with Crippen LogP contribution in [0.1, 0.15) is 16.1 Å². The van der Waals surface area contributed by atoms with E-state index in [1.54, 1.807) is 18.2 Å². The normalized spacial score (nSPS) is 9.88. The highest BCUT2D eigenvalue weighted by molar-refractivity contribution is 9.10. The SMILES string of the molecule is N#Cc1ccc(-n2nncc2C(=O)O)c(Br)c1. The highest BCUT2D eigenvalue weighted by Gasteiger charge is 2.15. The van der Waals surface area contributed by atoms with Gasteiger partial charge >= 0.3 is 5.97 Å². The van der Waals surface area contributed by atoms with Crippen LogP contribution in [-0.2, 0) is 0 Å². The molecule has 0 saturated carbocycles. The third-order valence-electron chi connectivity index (χ3n) is 2.07. The van der Waals surface area contributed by atoms with Crippen molar-refractivity contribution in [2.24, 2.45) is 0 Å². The van der Waals surface area contributed by atoms with E-state index in [-0.39, 0.29) is 5.69 Å². The van der Waals surface area contributed by atoms with Crippen molar-refractivity contribution in [1.29, 1.82) is 5.26 Å². The van der Waals surface area contributed by atoms with Crippen LogP contribution in [0.4, 0.5) is 0 Å². The van der Waals surface area contributed by atoms with E-state index in [1.807, 2.05) is 6.07 Å². The maximum atomic E-state index is 10.9. The predicted octanol–water partition coefficient (Wildman–Crippen LogP) is 1.60. The van der Waals surface area contributed by atoms with E-state index in [2.05, 4.69) is 26.2 Å². The lowest BCUT2D eigenvalue weighted by Crippen LogP contribution is -2.08. The Bertz CT molecular complexity index is 629. The molecule has 84 valence electrons. The molecular weight excluding hydrogens is 288 g/mol. The van der Waals surface area contributed by atoms with E-state index in [0.717, 1.165) is 6.20 Å². The number of rotatable bonds is 2. The minimum atomic E-state index is -1.12. The number of nitrogens with zero attached hydrogens (tertiary/aromatic N) is 4. The second kappa shape index (κ2) is 4.35. The molecule has 1 aromatic heterocycles. The van der Waals surface area contributed by atoms with E-state index < -0.39 is 5.97 Å². The second-order valence-electron chi connectivity index (χ2n) is 3.11. The van der Waals surface area contributed by atoms with Crippen molar-refractivity contribution in [2.75, 3.05) is 0 Å². The third-order valence-corrected chi connectivity index (χ3v) is 2.71. The van der Waals surface area contributed by atoms with Gasteiger partial charge in [-0.05, 0) is 34.1 Å². The van der Waals surface area contributed by atoms with Crippen molar-refractivity contribution >= 4 is 21.9 Å². The molecule has 0 amide bonds. The Balaban J connectivity index is 2.58. The summed E-state index contributed by atoms with van der Waals surface area (Å²) in [6.07, 6.45) is 1.16. The average molecular weight is 293 g/mol. The lowest BCUT2D eigenvalue weighted by molar-refractivity contribution is 0.0687. The maximum absolute atomic E-state index is 10.9. The number of aromatic nitrogens is 3. The molecule has 0 saturated heterocycles. The molecule has 0 radical (unpaired) electrons. The molecule has 0 aliphatic carbocycles. The molecule has 2 aromatic rings. The number of aromatic carboxylic acids is 1. The van der Waals surface area contributed by atoms with Crippen molar-refractivity contribution in [3.05, 3.63) is 40.1 Å². The van der Waals surface area contributed by atoms with E-state index in [9.17, 15) is 4.79 Å². The second-order valence-corrected chi connectivity index (χ2v) is 3.97. The summed E-state index contributed by atoms with van der Waals surface area (Å²) in [5.41, 5.74) is 0.937. The number of carbonyl (C=O) groups is 1. The van der Waals surface area contributed by atoms with Crippen molar-refractivity contribution in [3.8, 4) is 11.8 Å². The first kappa shape index (κ1) is 11.3. The summed E-state index contributed by atoms with van der Waals surface area (Å²) >= 11 is 3.26. The molecule has 0 aliphatic heterocycles. The van der Waals surface area contributed by atoms with Crippen LogP contribution < -0.4 is 0 Å². The molecule has 17 heavy (non-hydrogen) atoms. The van der Waals surface area contributed by atoms with E-state index in [4.69, 9.17) is 10.4 Å². The molecule has 0 bridgehead atoms. The minimum absolute atomic E-state index is 0.0459. The van der Waals surface area contributed by atoms with Crippen molar-refractivity contribution in [2.45, 2.75) is 0 Å². The quantitative estimate of drug-likeness (QED) is 0.908. The molecule has 0 unspecified atom stereocenters. The zero-order valence-corrected chi connectivity index (χ0v) is 9.92. The molecular formula is C10H5BrN4O2. The van der Waals surface area contributed by atoms with Gasteiger partial charge in [0.15, 0.2) is 5.69 Å². The number of carboxylic acid groups (broad SMARTS) is 1. The smallest absolute Gasteiger partial charge is 0.356 e. The summed E-state index contributed by atoms with van der Waals surface area (Å²) in [5, 5.41) is 24.9. The zero-order chi connectivity index (χ0) is 12.4. The average Bonchev–Trinajstić information content (AvgIpc) is 2.77. The summed E-state index contributed by atoms with van der Waals surface area (Å²) in [6, 6.07) is 6.75. The van der Waals surface area contributed by atoms with Gasteiger partial charge in [-0.1, -0.05) is 5.21 Å². The van der Waals surface area contributed by atoms with E-state index >= 15 is 0 Å². The van der Waals surface area contributed by atoms with Crippen molar-refractivity contribution in [3.63, 3.8) is 0 Å². The predicted molar refractivity (Wildman–Crippen MR) is 60.7 cm³/mol. The number of carboxylic acids is 1. The van der Waals surface area contributed by atoms with Gasteiger partial charge in [0.1, 0.15) is 0 Å². The monoisotopic (exact) mass is 292 g/mol. The van der Waals surface area contributed by atoms with E-state index in [1.165, 1.54) is 4.68 Å². The minimum Gasteiger partial charge on any atom is -0.476 e. The van der Waals surface area contributed by atoms with Gasteiger partial charge in [-0.3, -0.25) is 0 Å². The molecule has 0 spiro atoms. The first-order chi connectivity index (χ1) is 8.13. The molecule has 7 heteroatoms. The van der Waals surface area contributed by atoms with Gasteiger partial charge in [0.2, 0.25) is 0 Å². The van der Waals surface area contributed by atoms with Gasteiger partial charge < -0.3 is 5.11 Å². The van der Waals surface area contributed by atoms with Crippen LogP contribution in [-0.4, -0.2) is 26.1 Å². The number of benzene rings is 1. The number of halogens is 1. The molecule has 0 atom stereocenters. The fourth-order valence-corrected chi connectivity index (χ4v) is 1.85. The summed E-state index contributed by atoms with van der Waals surface area (Å²) in [5.74, 6) is -1.12. The fraction of sp³-hybridized carbons (Fsp3) is 0. The molecule has 0 fully saturated rings. The fourth-order valence-electron chi connectivity index (χ4n) is 1.31. The summed E-state index contributed by atoms with van der Waals surface area (Å²) < 4.78 is 1.76. The molecule has 1 heterocycles. The van der Waals surface area contributed by atoms with Crippen molar-refractivity contribution in [1.82, 2.24) is 15.0 Å². The van der Waals surface area contributed by atoms with Gasteiger partial charge in [-0.2, -0.15) is 5.26 Å². The largest absolute Gasteiger partial charge is 0.476 e. The lowest BCUT2D eigenvalue weighted by Gasteiger charge is -2.05. The van der Waals surface area contributed by atoms with Crippen LogP contribution in [0.15, 0.2) is 28.9 Å². The van der Waals surface area contributed by atoms with Gasteiger partial charge in [-0.15, -0.1) is 5.10 Å².